The van der Waals surface area contributed by atoms with Crippen LogP contribution < -0.4 is 4.74 Å². The van der Waals surface area contributed by atoms with E-state index in [-0.39, 0.29) is 17.9 Å². The van der Waals surface area contributed by atoms with Crippen LogP contribution in [-0.4, -0.2) is 52.7 Å². The smallest absolute Gasteiger partial charge is 0.303 e. The summed E-state index contributed by atoms with van der Waals surface area (Å²) in [6.07, 6.45) is 6.15. The van der Waals surface area contributed by atoms with Gasteiger partial charge in [-0.25, -0.2) is 4.39 Å². The fraction of sp³-hybridized carbons (Fsp3) is 0.464. The first-order valence-corrected chi connectivity index (χ1v) is 12.9. The van der Waals surface area contributed by atoms with Crippen molar-refractivity contribution in [3.63, 3.8) is 0 Å². The largest absolute Gasteiger partial charge is 0.497 e. The predicted molar refractivity (Wildman–Crippen MR) is 139 cm³/mol. The Morgan fingerprint density at radius 1 is 1.25 bits per heavy atom. The molecule has 1 atom stereocenters. The number of rotatable bonds is 11. The van der Waals surface area contributed by atoms with Crippen molar-refractivity contribution in [2.24, 2.45) is 5.41 Å². The Morgan fingerprint density at radius 3 is 2.75 bits per heavy atom. The van der Waals surface area contributed by atoms with Gasteiger partial charge in [0.25, 0.3) is 0 Å². The number of benzene rings is 1. The van der Waals surface area contributed by atoms with Gasteiger partial charge in [0.1, 0.15) is 11.9 Å². The van der Waals surface area contributed by atoms with Gasteiger partial charge >= 0.3 is 5.97 Å². The van der Waals surface area contributed by atoms with E-state index in [1.807, 2.05) is 24.4 Å². The average Bonchev–Trinajstić information content (AvgIpc) is 2.88. The quantitative estimate of drug-likeness (QED) is 0.325. The van der Waals surface area contributed by atoms with Gasteiger partial charge < -0.3 is 14.7 Å². The van der Waals surface area contributed by atoms with Crippen LogP contribution in [0.5, 0.6) is 5.75 Å². The third-order valence-corrected chi connectivity index (χ3v) is 7.69. The van der Waals surface area contributed by atoms with E-state index < -0.39 is 17.6 Å². The maximum absolute atomic E-state index is 15.7. The third-order valence-electron chi connectivity index (χ3n) is 7.39. The Bertz CT molecular complexity index is 1170. The number of carboxylic acids is 1. The lowest BCUT2D eigenvalue weighted by Gasteiger charge is -2.41. The number of aliphatic carboxylic acids is 1. The minimum Gasteiger partial charge on any atom is -0.497 e. The van der Waals surface area contributed by atoms with Gasteiger partial charge in [-0.1, -0.05) is 17.7 Å². The Kier molecular flexibility index (Phi) is 8.75. The summed E-state index contributed by atoms with van der Waals surface area (Å²) < 4.78 is 21.0. The average molecular weight is 514 g/mol. The number of carboxylic acid groups (broad SMARTS) is 1. The molecule has 0 aliphatic carbocycles. The first-order chi connectivity index (χ1) is 17.4. The second-order valence-electron chi connectivity index (χ2n) is 9.75. The minimum absolute atomic E-state index is 0.0557. The standard InChI is InChI=1S/C28H33ClFN3O3/c1-36-21-7-8-25-22(17-21)27(23(29)19-32-25)24(30)9-10-28(18-26(34)35)11-15-33(16-12-28)14-4-6-20-5-2-3-13-31-20/h2-3,5,7-8,13,17,19,24H,4,6,9-12,14-16,18H2,1H3,(H,34,35)/t24-/m1/s1. The highest BCUT2D eigenvalue weighted by atomic mass is 35.5. The second kappa shape index (κ2) is 12.0. The van der Waals surface area contributed by atoms with Gasteiger partial charge in [0, 0.05) is 29.0 Å². The van der Waals surface area contributed by atoms with Gasteiger partial charge in [0.15, 0.2) is 0 Å². The van der Waals surface area contributed by atoms with Crippen molar-refractivity contribution in [2.75, 3.05) is 26.7 Å². The molecule has 1 saturated heterocycles. The highest BCUT2D eigenvalue weighted by Crippen LogP contribution is 2.44. The molecule has 0 amide bonds. The van der Waals surface area contributed by atoms with Gasteiger partial charge in [-0.05, 0) is 93.9 Å². The molecule has 6 nitrogen and oxygen atoms in total. The van der Waals surface area contributed by atoms with E-state index in [0.717, 1.165) is 51.0 Å². The summed E-state index contributed by atoms with van der Waals surface area (Å²) in [5, 5.41) is 10.5. The number of hydrogen-bond acceptors (Lipinski definition) is 5. The van der Waals surface area contributed by atoms with Crippen molar-refractivity contribution in [2.45, 2.75) is 51.1 Å². The van der Waals surface area contributed by atoms with Crippen LogP contribution in [0.1, 0.15) is 56.0 Å². The number of carbonyl (C=O) groups is 1. The van der Waals surface area contributed by atoms with Gasteiger partial charge in [-0.2, -0.15) is 0 Å². The highest BCUT2D eigenvalue weighted by Gasteiger charge is 2.37. The van der Waals surface area contributed by atoms with Crippen LogP contribution >= 0.6 is 11.6 Å². The molecule has 0 spiro atoms. The van der Waals surface area contributed by atoms with E-state index >= 15 is 4.39 Å². The first-order valence-electron chi connectivity index (χ1n) is 12.5. The second-order valence-corrected chi connectivity index (χ2v) is 10.2. The number of likely N-dealkylation sites (tertiary alicyclic amines) is 1. The van der Waals surface area contributed by atoms with Gasteiger partial charge in [-0.15, -0.1) is 0 Å². The number of pyridine rings is 2. The Hall–Kier alpha value is -2.77. The van der Waals surface area contributed by atoms with Crippen molar-refractivity contribution < 1.29 is 19.0 Å². The molecule has 3 heterocycles. The lowest BCUT2D eigenvalue weighted by Crippen LogP contribution is -2.41. The fourth-order valence-electron chi connectivity index (χ4n) is 5.31. The lowest BCUT2D eigenvalue weighted by molar-refractivity contribution is -0.141. The molecule has 192 valence electrons. The number of aryl methyl sites for hydroxylation is 1. The normalized spacial score (nSPS) is 16.6. The molecule has 2 aromatic heterocycles. The Morgan fingerprint density at radius 2 is 2.06 bits per heavy atom. The summed E-state index contributed by atoms with van der Waals surface area (Å²) in [7, 11) is 1.56. The molecule has 1 aliphatic heterocycles. The Labute approximate surface area is 216 Å². The number of halogens is 2. The molecule has 1 aromatic carbocycles. The number of hydrogen-bond donors (Lipinski definition) is 1. The van der Waals surface area contributed by atoms with Crippen LogP contribution in [0.25, 0.3) is 10.9 Å². The minimum atomic E-state index is -1.32. The van der Waals surface area contributed by atoms with E-state index in [2.05, 4.69) is 14.9 Å². The molecule has 0 radical (unpaired) electrons. The van der Waals surface area contributed by atoms with E-state index in [9.17, 15) is 9.90 Å². The number of piperidine rings is 1. The summed E-state index contributed by atoms with van der Waals surface area (Å²) >= 11 is 6.40. The molecular weight excluding hydrogens is 481 g/mol. The van der Waals surface area contributed by atoms with E-state index in [4.69, 9.17) is 16.3 Å². The summed E-state index contributed by atoms with van der Waals surface area (Å²) in [6, 6.07) is 11.3. The van der Waals surface area contributed by atoms with Crippen LogP contribution in [0.2, 0.25) is 5.02 Å². The van der Waals surface area contributed by atoms with Crippen LogP contribution in [-0.2, 0) is 11.2 Å². The number of methoxy groups -OCH3 is 1. The molecule has 0 bridgehead atoms. The van der Waals surface area contributed by atoms with Crippen molar-refractivity contribution >= 4 is 28.5 Å². The molecule has 1 fully saturated rings. The lowest BCUT2D eigenvalue weighted by atomic mass is 9.71. The zero-order chi connectivity index (χ0) is 25.5. The van der Waals surface area contributed by atoms with Crippen molar-refractivity contribution in [3.8, 4) is 5.75 Å². The van der Waals surface area contributed by atoms with Gasteiger partial charge in [0.2, 0.25) is 0 Å². The van der Waals surface area contributed by atoms with Crippen LogP contribution in [0, 0.1) is 5.41 Å². The zero-order valence-corrected chi connectivity index (χ0v) is 21.4. The number of fused-ring (bicyclic) bond motifs is 1. The maximum Gasteiger partial charge on any atom is 0.303 e. The number of aromatic nitrogens is 2. The Balaban J connectivity index is 1.39. The zero-order valence-electron chi connectivity index (χ0n) is 20.6. The molecule has 36 heavy (non-hydrogen) atoms. The van der Waals surface area contributed by atoms with Gasteiger partial charge in [0.05, 0.1) is 24.1 Å². The molecule has 0 saturated carbocycles. The van der Waals surface area contributed by atoms with E-state index in [1.165, 1.54) is 6.20 Å². The van der Waals surface area contributed by atoms with Crippen LogP contribution in [0.4, 0.5) is 4.39 Å². The monoisotopic (exact) mass is 513 g/mol. The van der Waals surface area contributed by atoms with E-state index in [1.54, 1.807) is 25.3 Å². The maximum atomic E-state index is 15.7. The molecule has 1 aliphatic rings. The van der Waals surface area contributed by atoms with E-state index in [0.29, 0.717) is 28.6 Å². The number of ether oxygens (including phenoxy) is 1. The topological polar surface area (TPSA) is 75.6 Å². The number of nitrogens with zero attached hydrogens (tertiary/aromatic N) is 3. The van der Waals surface area contributed by atoms with Crippen LogP contribution in [0.15, 0.2) is 48.8 Å². The molecule has 0 unspecified atom stereocenters. The SMILES string of the molecule is COc1ccc2ncc(Cl)c([C@H](F)CCC3(CC(=O)O)CCN(CCCc4ccccn4)CC3)c2c1. The van der Waals surface area contributed by atoms with Gasteiger partial charge in [-0.3, -0.25) is 14.8 Å². The molecule has 3 aromatic rings. The molecule has 8 heteroatoms. The first kappa shape index (κ1) is 26.3. The van der Waals surface area contributed by atoms with Crippen molar-refractivity contribution in [1.29, 1.82) is 0 Å². The molecule has 1 N–H and O–H groups in total. The predicted octanol–water partition coefficient (Wildman–Crippen LogP) is 6.27. The van der Waals surface area contributed by atoms with Crippen LogP contribution in [0.3, 0.4) is 0 Å². The molecular formula is C28H33ClFN3O3. The highest BCUT2D eigenvalue weighted by molar-refractivity contribution is 6.32. The summed E-state index contributed by atoms with van der Waals surface area (Å²) in [4.78, 5) is 22.8. The number of alkyl halides is 1. The summed E-state index contributed by atoms with van der Waals surface area (Å²) in [6.45, 7) is 2.59. The summed E-state index contributed by atoms with van der Waals surface area (Å²) in [5.41, 5.74) is 1.72. The third kappa shape index (κ3) is 6.51. The fourth-order valence-corrected chi connectivity index (χ4v) is 5.58. The summed E-state index contributed by atoms with van der Waals surface area (Å²) in [5.74, 6) is -0.219. The van der Waals surface area contributed by atoms with Crippen molar-refractivity contribution in [1.82, 2.24) is 14.9 Å². The molecule has 4 rings (SSSR count). The van der Waals surface area contributed by atoms with Crippen molar-refractivity contribution in [3.05, 3.63) is 65.1 Å².